The molecule has 0 aliphatic carbocycles. The van der Waals surface area contributed by atoms with Crippen molar-refractivity contribution in [2.24, 2.45) is 5.92 Å². The number of hydrogen-bond donors (Lipinski definition) is 2. The average Bonchev–Trinajstić information content (AvgIpc) is 3.23. The van der Waals surface area contributed by atoms with Crippen molar-refractivity contribution in [3.63, 3.8) is 0 Å². The standard InChI is InChI=1S/C25H22BrClF2N6O/c26-20-13-31-35-23(11-22(33-24(20)35)19-5-1-2-6-21(19)27)30-12-15-4-3-7-34(14-15)25(36)32-18-9-16(28)8-17(29)10-18/h1-2,5-6,8-11,13,15,30H,3-4,7,12,14H2,(H,32,36). The topological polar surface area (TPSA) is 74.6 Å². The molecule has 1 aliphatic heterocycles. The van der Waals surface area contributed by atoms with Crippen molar-refractivity contribution in [2.45, 2.75) is 12.8 Å². The number of carbonyl (C=O) groups is 1. The van der Waals surface area contributed by atoms with Gasteiger partial charge in [0, 0.05) is 48.0 Å². The molecule has 2 N–H and O–H groups in total. The van der Waals surface area contributed by atoms with Crippen LogP contribution in [-0.2, 0) is 0 Å². The third-order valence-corrected chi connectivity index (χ3v) is 6.96. The number of halogens is 4. The number of amides is 2. The molecule has 2 aromatic heterocycles. The van der Waals surface area contributed by atoms with Crippen molar-refractivity contribution >= 4 is 50.7 Å². The SMILES string of the molecule is O=C(Nc1cc(F)cc(F)c1)N1CCCC(CNc2cc(-c3ccccc3Cl)nc3c(Br)cnn23)C1. The van der Waals surface area contributed by atoms with Crippen molar-refractivity contribution in [3.8, 4) is 11.3 Å². The molecule has 0 radical (unpaired) electrons. The number of carbonyl (C=O) groups excluding carboxylic acids is 1. The fourth-order valence-corrected chi connectivity index (χ4v) is 4.94. The molecule has 186 valence electrons. The molecule has 1 atom stereocenters. The Morgan fingerprint density at radius 3 is 2.72 bits per heavy atom. The summed E-state index contributed by atoms with van der Waals surface area (Å²) in [5.41, 5.74) is 2.27. The minimum atomic E-state index is -0.740. The van der Waals surface area contributed by atoms with Crippen LogP contribution in [0.25, 0.3) is 16.9 Å². The Morgan fingerprint density at radius 1 is 1.17 bits per heavy atom. The van der Waals surface area contributed by atoms with Gasteiger partial charge in [0.25, 0.3) is 0 Å². The summed E-state index contributed by atoms with van der Waals surface area (Å²) in [4.78, 5) is 19.1. The van der Waals surface area contributed by atoms with Gasteiger partial charge in [-0.2, -0.15) is 9.61 Å². The minimum absolute atomic E-state index is 0.0910. The first-order valence-corrected chi connectivity index (χ1v) is 12.6. The summed E-state index contributed by atoms with van der Waals surface area (Å²) in [6.07, 6.45) is 3.44. The summed E-state index contributed by atoms with van der Waals surface area (Å²) < 4.78 is 29.4. The maximum atomic E-state index is 13.5. The Bertz CT molecular complexity index is 1410. The monoisotopic (exact) mass is 574 g/mol. The van der Waals surface area contributed by atoms with E-state index >= 15 is 0 Å². The summed E-state index contributed by atoms with van der Waals surface area (Å²) in [5.74, 6) is -0.565. The Morgan fingerprint density at radius 2 is 1.94 bits per heavy atom. The number of nitrogens with zero attached hydrogens (tertiary/aromatic N) is 4. The Hall–Kier alpha value is -3.24. The van der Waals surface area contributed by atoms with E-state index in [-0.39, 0.29) is 17.6 Å². The number of nitrogens with one attached hydrogen (secondary N) is 2. The number of aromatic nitrogens is 3. The predicted molar refractivity (Wildman–Crippen MR) is 139 cm³/mol. The van der Waals surface area contributed by atoms with Crippen LogP contribution in [0.4, 0.5) is 25.1 Å². The Balaban J connectivity index is 1.30. The second-order valence-electron chi connectivity index (χ2n) is 8.66. The lowest BCUT2D eigenvalue weighted by molar-refractivity contribution is 0.180. The molecule has 11 heteroatoms. The highest BCUT2D eigenvalue weighted by Crippen LogP contribution is 2.30. The Kier molecular flexibility index (Phi) is 7.06. The summed E-state index contributed by atoms with van der Waals surface area (Å²) in [7, 11) is 0. The van der Waals surface area contributed by atoms with Gasteiger partial charge in [-0.3, -0.25) is 0 Å². The molecule has 1 fully saturated rings. The van der Waals surface area contributed by atoms with Crippen LogP contribution in [0, 0.1) is 17.6 Å². The number of urea groups is 1. The number of anilines is 2. The number of piperidine rings is 1. The van der Waals surface area contributed by atoms with E-state index < -0.39 is 11.6 Å². The fraction of sp³-hybridized carbons (Fsp3) is 0.240. The molecule has 1 unspecified atom stereocenters. The molecule has 0 spiro atoms. The summed E-state index contributed by atoms with van der Waals surface area (Å²) in [5, 5.41) is 11.1. The van der Waals surface area contributed by atoms with Gasteiger partial charge in [0.05, 0.1) is 16.4 Å². The molecule has 4 aromatic rings. The number of rotatable bonds is 5. The van der Waals surface area contributed by atoms with Gasteiger partial charge >= 0.3 is 6.03 Å². The van der Waals surface area contributed by atoms with Crippen LogP contribution in [0.3, 0.4) is 0 Å². The predicted octanol–water partition coefficient (Wildman–Crippen LogP) is 6.45. The van der Waals surface area contributed by atoms with E-state index in [9.17, 15) is 13.6 Å². The zero-order valence-corrected chi connectivity index (χ0v) is 21.4. The molecule has 0 saturated carbocycles. The average molecular weight is 576 g/mol. The molecular weight excluding hydrogens is 554 g/mol. The van der Waals surface area contributed by atoms with Gasteiger partial charge in [0.15, 0.2) is 5.65 Å². The van der Waals surface area contributed by atoms with Crippen LogP contribution in [-0.4, -0.2) is 45.2 Å². The van der Waals surface area contributed by atoms with Crippen LogP contribution in [0.2, 0.25) is 5.02 Å². The summed E-state index contributed by atoms with van der Waals surface area (Å²) in [6, 6.07) is 12.0. The molecule has 36 heavy (non-hydrogen) atoms. The molecule has 1 saturated heterocycles. The zero-order valence-electron chi connectivity index (χ0n) is 19.0. The number of likely N-dealkylation sites (tertiary alicyclic amines) is 1. The normalized spacial score (nSPS) is 15.8. The third-order valence-electron chi connectivity index (χ3n) is 6.07. The van der Waals surface area contributed by atoms with Gasteiger partial charge in [-0.25, -0.2) is 18.6 Å². The molecule has 0 bridgehead atoms. The lowest BCUT2D eigenvalue weighted by Gasteiger charge is -2.33. The second-order valence-corrected chi connectivity index (χ2v) is 9.92. The second kappa shape index (κ2) is 10.4. The van der Waals surface area contributed by atoms with Crippen LogP contribution < -0.4 is 10.6 Å². The molecule has 3 heterocycles. The van der Waals surface area contributed by atoms with Gasteiger partial charge in [-0.05, 0) is 52.9 Å². The van der Waals surface area contributed by atoms with Crippen LogP contribution in [0.15, 0.2) is 59.2 Å². The molecular formula is C25H22BrClF2N6O. The van der Waals surface area contributed by atoms with E-state index in [1.807, 2.05) is 30.3 Å². The van der Waals surface area contributed by atoms with Crippen molar-refractivity contribution in [1.29, 1.82) is 0 Å². The smallest absolute Gasteiger partial charge is 0.321 e. The summed E-state index contributed by atoms with van der Waals surface area (Å²) >= 11 is 9.93. The maximum Gasteiger partial charge on any atom is 0.321 e. The summed E-state index contributed by atoms with van der Waals surface area (Å²) in [6.45, 7) is 1.67. The lowest BCUT2D eigenvalue weighted by Crippen LogP contribution is -2.44. The lowest BCUT2D eigenvalue weighted by atomic mass is 9.98. The highest BCUT2D eigenvalue weighted by molar-refractivity contribution is 9.10. The number of fused-ring (bicyclic) bond motifs is 1. The van der Waals surface area contributed by atoms with Gasteiger partial charge < -0.3 is 15.5 Å². The van der Waals surface area contributed by atoms with Crippen molar-refractivity contribution in [3.05, 3.63) is 75.9 Å². The number of hydrogen-bond acceptors (Lipinski definition) is 4. The highest BCUT2D eigenvalue weighted by atomic mass is 79.9. The van der Waals surface area contributed by atoms with E-state index in [4.69, 9.17) is 16.6 Å². The van der Waals surface area contributed by atoms with Gasteiger partial charge in [0.1, 0.15) is 17.5 Å². The molecule has 2 aromatic carbocycles. The molecule has 7 nitrogen and oxygen atoms in total. The van der Waals surface area contributed by atoms with E-state index in [0.29, 0.717) is 36.0 Å². The molecule has 5 rings (SSSR count). The van der Waals surface area contributed by atoms with Crippen molar-refractivity contribution in [1.82, 2.24) is 19.5 Å². The van der Waals surface area contributed by atoms with Crippen molar-refractivity contribution in [2.75, 3.05) is 30.3 Å². The first kappa shape index (κ1) is 24.5. The van der Waals surface area contributed by atoms with Gasteiger partial charge in [-0.1, -0.05) is 29.8 Å². The quantitative estimate of drug-likeness (QED) is 0.287. The zero-order chi connectivity index (χ0) is 25.2. The van der Waals surface area contributed by atoms with Crippen LogP contribution in [0.1, 0.15) is 12.8 Å². The third kappa shape index (κ3) is 5.29. The fourth-order valence-electron chi connectivity index (χ4n) is 4.36. The first-order valence-electron chi connectivity index (χ1n) is 11.4. The van der Waals surface area contributed by atoms with Gasteiger partial charge in [0.2, 0.25) is 0 Å². The van der Waals surface area contributed by atoms with E-state index in [2.05, 4.69) is 31.7 Å². The van der Waals surface area contributed by atoms with Gasteiger partial charge in [-0.15, -0.1) is 0 Å². The van der Waals surface area contributed by atoms with E-state index in [0.717, 1.165) is 46.9 Å². The largest absolute Gasteiger partial charge is 0.370 e. The molecule has 2 amide bonds. The first-order chi connectivity index (χ1) is 17.4. The molecule has 1 aliphatic rings. The highest BCUT2D eigenvalue weighted by Gasteiger charge is 2.24. The Labute approximate surface area is 219 Å². The van der Waals surface area contributed by atoms with Crippen molar-refractivity contribution < 1.29 is 13.6 Å². The minimum Gasteiger partial charge on any atom is -0.370 e. The van der Waals surface area contributed by atoms with Crippen LogP contribution in [0.5, 0.6) is 0 Å². The van der Waals surface area contributed by atoms with E-state index in [1.165, 1.54) is 0 Å². The maximum absolute atomic E-state index is 13.5. The van der Waals surface area contributed by atoms with E-state index in [1.54, 1.807) is 15.6 Å². The number of benzene rings is 2. The van der Waals surface area contributed by atoms with Crippen LogP contribution >= 0.6 is 27.5 Å².